The minimum atomic E-state index is 0.295. The fourth-order valence-electron chi connectivity index (χ4n) is 1.50. The van der Waals surface area contributed by atoms with Crippen LogP contribution in [-0.2, 0) is 0 Å². The third-order valence-corrected chi connectivity index (χ3v) is 5.88. The van der Waals surface area contributed by atoms with Gasteiger partial charge in [0.15, 0.2) is 5.82 Å². The van der Waals surface area contributed by atoms with Crippen molar-refractivity contribution in [2.24, 2.45) is 0 Å². The molecule has 96 valence electrons. The Morgan fingerprint density at radius 3 is 2.44 bits per heavy atom. The quantitative estimate of drug-likeness (QED) is 0.584. The first-order chi connectivity index (χ1) is 8.40. The first kappa shape index (κ1) is 14.4. The maximum absolute atomic E-state index is 6.15. The van der Waals surface area contributed by atoms with Gasteiger partial charge in [-0.25, -0.2) is 9.97 Å². The summed E-state index contributed by atoms with van der Waals surface area (Å²) in [5.41, 5.74) is 0.937. The zero-order valence-corrected chi connectivity index (χ0v) is 14.8. The number of nitrogens with zero attached hydrogens (tertiary/aromatic N) is 2. The van der Waals surface area contributed by atoms with E-state index in [1.165, 1.54) is 4.88 Å². The Morgan fingerprint density at radius 2 is 1.94 bits per heavy atom. The summed E-state index contributed by atoms with van der Waals surface area (Å²) in [7, 11) is 0. The van der Waals surface area contributed by atoms with E-state index >= 15 is 0 Å². The average molecular weight is 411 g/mol. The van der Waals surface area contributed by atoms with Crippen LogP contribution in [0.25, 0.3) is 10.7 Å². The van der Waals surface area contributed by atoms with E-state index in [1.54, 1.807) is 11.3 Å². The van der Waals surface area contributed by atoms with Gasteiger partial charge in [-0.1, -0.05) is 25.4 Å². The number of hydrogen-bond donors (Lipinski definition) is 0. The molecule has 0 radical (unpaired) electrons. The lowest BCUT2D eigenvalue weighted by Crippen LogP contribution is -1.99. The van der Waals surface area contributed by atoms with Crippen molar-refractivity contribution in [2.75, 3.05) is 0 Å². The maximum atomic E-state index is 6.15. The highest BCUT2D eigenvalue weighted by Gasteiger charge is 2.16. The van der Waals surface area contributed by atoms with Gasteiger partial charge >= 0.3 is 0 Å². The topological polar surface area (TPSA) is 25.8 Å². The van der Waals surface area contributed by atoms with Crippen molar-refractivity contribution in [3.05, 3.63) is 30.7 Å². The molecule has 2 rings (SSSR count). The van der Waals surface area contributed by atoms with E-state index in [0.29, 0.717) is 16.9 Å². The van der Waals surface area contributed by atoms with Crippen LogP contribution >= 0.6 is 54.8 Å². The normalized spacial score (nSPS) is 11.3. The molecule has 0 atom stereocenters. The molecular weight excluding hydrogens is 399 g/mol. The molecular formula is C12H11Br2ClN2S. The number of halogens is 3. The largest absolute Gasteiger partial charge is 0.231 e. The van der Waals surface area contributed by atoms with Crippen molar-refractivity contribution in [3.63, 3.8) is 0 Å². The summed E-state index contributed by atoms with van der Waals surface area (Å²) >= 11 is 14.8. The molecule has 0 amide bonds. The molecule has 0 aliphatic carbocycles. The number of aryl methyl sites for hydroxylation is 1. The fourth-order valence-corrected chi connectivity index (χ4v) is 3.78. The lowest BCUT2D eigenvalue weighted by Gasteiger charge is -2.09. The highest BCUT2D eigenvalue weighted by atomic mass is 79.9. The highest BCUT2D eigenvalue weighted by molar-refractivity contribution is 9.11. The third kappa shape index (κ3) is 2.79. The summed E-state index contributed by atoms with van der Waals surface area (Å²) in [4.78, 5) is 11.2. The van der Waals surface area contributed by atoms with Crippen LogP contribution in [-0.4, -0.2) is 9.97 Å². The van der Waals surface area contributed by atoms with Crippen molar-refractivity contribution < 1.29 is 0 Å². The molecule has 0 spiro atoms. The SMILES string of the molecule is Cc1sc(-c2nc(Cl)c(Br)c(C(C)C)n2)cc1Br. The second-order valence-electron chi connectivity index (χ2n) is 4.21. The Labute approximate surface area is 132 Å². The summed E-state index contributed by atoms with van der Waals surface area (Å²) in [6, 6.07) is 2.03. The summed E-state index contributed by atoms with van der Waals surface area (Å²) in [6.07, 6.45) is 0. The van der Waals surface area contributed by atoms with Gasteiger partial charge < -0.3 is 0 Å². The zero-order chi connectivity index (χ0) is 13.4. The molecule has 0 aliphatic rings. The minimum absolute atomic E-state index is 0.295. The van der Waals surface area contributed by atoms with Gasteiger partial charge in [-0.2, -0.15) is 0 Å². The van der Waals surface area contributed by atoms with Crippen LogP contribution in [0.3, 0.4) is 0 Å². The second kappa shape index (κ2) is 5.57. The number of rotatable bonds is 2. The first-order valence-electron chi connectivity index (χ1n) is 5.39. The van der Waals surface area contributed by atoms with Crippen LogP contribution in [0.4, 0.5) is 0 Å². The van der Waals surface area contributed by atoms with Crippen LogP contribution in [0.15, 0.2) is 15.0 Å². The van der Waals surface area contributed by atoms with E-state index in [4.69, 9.17) is 11.6 Å². The summed E-state index contributed by atoms with van der Waals surface area (Å²) < 4.78 is 1.87. The maximum Gasteiger partial charge on any atom is 0.171 e. The van der Waals surface area contributed by atoms with Crippen LogP contribution in [0, 0.1) is 6.92 Å². The van der Waals surface area contributed by atoms with Gasteiger partial charge in [0.1, 0.15) is 5.15 Å². The Hall–Kier alpha value is 0.0300. The highest BCUT2D eigenvalue weighted by Crippen LogP contribution is 2.36. The first-order valence-corrected chi connectivity index (χ1v) is 8.17. The smallest absolute Gasteiger partial charge is 0.171 e. The van der Waals surface area contributed by atoms with E-state index in [9.17, 15) is 0 Å². The summed E-state index contributed by atoms with van der Waals surface area (Å²) in [6.45, 7) is 6.23. The van der Waals surface area contributed by atoms with E-state index < -0.39 is 0 Å². The van der Waals surface area contributed by atoms with Crippen LogP contribution < -0.4 is 0 Å². The molecule has 2 nitrogen and oxygen atoms in total. The van der Waals surface area contributed by atoms with E-state index in [1.807, 2.05) is 6.07 Å². The van der Waals surface area contributed by atoms with Crippen LogP contribution in [0.2, 0.25) is 5.15 Å². The van der Waals surface area contributed by atoms with Crippen molar-refractivity contribution in [1.29, 1.82) is 0 Å². The van der Waals surface area contributed by atoms with Crippen molar-refractivity contribution in [1.82, 2.24) is 9.97 Å². The predicted molar refractivity (Wildman–Crippen MR) is 84.6 cm³/mol. The van der Waals surface area contributed by atoms with Crippen molar-refractivity contribution in [3.8, 4) is 10.7 Å². The van der Waals surface area contributed by atoms with E-state index in [-0.39, 0.29) is 0 Å². The van der Waals surface area contributed by atoms with Gasteiger partial charge in [0.25, 0.3) is 0 Å². The number of hydrogen-bond acceptors (Lipinski definition) is 3. The molecule has 18 heavy (non-hydrogen) atoms. The molecule has 0 aliphatic heterocycles. The fraction of sp³-hybridized carbons (Fsp3) is 0.333. The van der Waals surface area contributed by atoms with Gasteiger partial charge in [-0.3, -0.25) is 0 Å². The van der Waals surface area contributed by atoms with Gasteiger partial charge in [0.2, 0.25) is 0 Å². The molecule has 0 unspecified atom stereocenters. The number of aromatic nitrogens is 2. The Kier molecular flexibility index (Phi) is 4.47. The molecule has 0 bridgehead atoms. The van der Waals surface area contributed by atoms with Crippen molar-refractivity contribution >= 4 is 54.8 Å². The van der Waals surface area contributed by atoms with Gasteiger partial charge in [-0.05, 0) is 50.8 Å². The Morgan fingerprint density at radius 1 is 1.28 bits per heavy atom. The van der Waals surface area contributed by atoms with Crippen molar-refractivity contribution in [2.45, 2.75) is 26.7 Å². The Bertz CT molecular complexity index is 577. The lowest BCUT2D eigenvalue weighted by atomic mass is 10.1. The predicted octanol–water partition coefficient (Wildman–Crippen LogP) is 5.82. The number of thiophene rings is 1. The molecule has 2 heterocycles. The molecule has 0 N–H and O–H groups in total. The van der Waals surface area contributed by atoms with E-state index in [2.05, 4.69) is 62.6 Å². The Balaban J connectivity index is 2.58. The van der Waals surface area contributed by atoms with Crippen LogP contribution in [0.1, 0.15) is 30.3 Å². The molecule has 0 saturated heterocycles. The summed E-state index contributed by atoms with van der Waals surface area (Å²) in [5, 5.41) is 0.464. The minimum Gasteiger partial charge on any atom is -0.231 e. The van der Waals surface area contributed by atoms with Gasteiger partial charge in [-0.15, -0.1) is 11.3 Å². The lowest BCUT2D eigenvalue weighted by molar-refractivity contribution is 0.810. The standard InChI is InChI=1S/C12H11Br2ClN2S/c1-5(2)10-9(14)11(15)17-12(16-10)8-4-7(13)6(3)18-8/h4-5H,1-3H3. The molecule has 0 aromatic carbocycles. The molecule has 0 fully saturated rings. The molecule has 2 aromatic heterocycles. The van der Waals surface area contributed by atoms with E-state index in [0.717, 1.165) is 19.5 Å². The third-order valence-electron chi connectivity index (χ3n) is 2.46. The monoisotopic (exact) mass is 408 g/mol. The average Bonchev–Trinajstić information content (AvgIpc) is 2.62. The zero-order valence-electron chi connectivity index (χ0n) is 10.1. The molecule has 0 saturated carbocycles. The molecule has 6 heteroatoms. The second-order valence-corrected chi connectivity index (χ2v) is 7.47. The van der Waals surface area contributed by atoms with Gasteiger partial charge in [0.05, 0.1) is 15.0 Å². The molecule has 2 aromatic rings. The van der Waals surface area contributed by atoms with Gasteiger partial charge in [0, 0.05) is 9.35 Å². The summed E-state index contributed by atoms with van der Waals surface area (Å²) in [5.74, 6) is 0.980. The van der Waals surface area contributed by atoms with Crippen LogP contribution in [0.5, 0.6) is 0 Å².